The van der Waals surface area contributed by atoms with E-state index in [1.807, 2.05) is 13.0 Å². The number of hydrogen-bond acceptors (Lipinski definition) is 2. The van der Waals surface area contributed by atoms with Crippen LogP contribution in [0.15, 0.2) is 23.1 Å². The maximum absolute atomic E-state index is 11.1. The molecule has 84 valence electrons. The van der Waals surface area contributed by atoms with E-state index in [2.05, 4.69) is 0 Å². The van der Waals surface area contributed by atoms with Gasteiger partial charge in [0.15, 0.2) is 0 Å². The van der Waals surface area contributed by atoms with Gasteiger partial charge in [-0.3, -0.25) is 4.55 Å². The van der Waals surface area contributed by atoms with Gasteiger partial charge in [0.25, 0.3) is 10.1 Å². The largest absolute Gasteiger partial charge is 0.294 e. The van der Waals surface area contributed by atoms with Gasteiger partial charge in [0.2, 0.25) is 0 Å². The molecule has 0 atom stereocenters. The van der Waals surface area contributed by atoms with Crippen molar-refractivity contribution in [2.45, 2.75) is 38.0 Å². The van der Waals surface area contributed by atoms with Crippen molar-refractivity contribution in [2.75, 3.05) is 0 Å². The van der Waals surface area contributed by atoms with Crippen LogP contribution in [0.4, 0.5) is 0 Å². The molecule has 0 saturated heterocycles. The summed E-state index contributed by atoms with van der Waals surface area (Å²) in [6.07, 6.45) is 2.61. The Labute approximate surface area is 90.9 Å². The molecule has 0 aliphatic carbocycles. The molecule has 0 amide bonds. The molecule has 0 spiro atoms. The van der Waals surface area contributed by atoms with Crippen molar-refractivity contribution in [3.05, 3.63) is 29.3 Å². The van der Waals surface area contributed by atoms with Crippen molar-refractivity contribution in [3.63, 3.8) is 0 Å². The summed E-state index contributed by atoms with van der Waals surface area (Å²) in [5.74, 6) is 0. The molecule has 3 nitrogen and oxygen atoms in total. The van der Waals surface area contributed by atoms with E-state index in [9.17, 15) is 8.42 Å². The van der Waals surface area contributed by atoms with Crippen LogP contribution in [-0.2, 0) is 16.5 Å². The summed E-state index contributed by atoms with van der Waals surface area (Å²) in [6.45, 7) is 3.85. The van der Waals surface area contributed by atoms with E-state index in [-0.39, 0.29) is 4.90 Å². The molecule has 0 fully saturated rings. The average Bonchev–Trinajstić information content (AvgIpc) is 2.14. The van der Waals surface area contributed by atoms with Crippen molar-refractivity contribution < 1.29 is 13.0 Å². The molecule has 0 heterocycles. The Bertz CT molecular complexity index is 435. The van der Waals surface area contributed by atoms with Crippen molar-refractivity contribution >= 4 is 10.1 Å². The monoisotopic (exact) mass is 228 g/mol. The summed E-state index contributed by atoms with van der Waals surface area (Å²) in [4.78, 5) is 0.0518. The van der Waals surface area contributed by atoms with E-state index in [1.165, 1.54) is 6.07 Å². The normalized spacial score (nSPS) is 11.7. The van der Waals surface area contributed by atoms with Gasteiger partial charge in [-0.05, 0) is 37.0 Å². The third kappa shape index (κ3) is 3.32. The van der Waals surface area contributed by atoms with Crippen LogP contribution in [0.1, 0.15) is 30.9 Å². The lowest BCUT2D eigenvalue weighted by Crippen LogP contribution is -2.03. The van der Waals surface area contributed by atoms with E-state index in [4.69, 9.17) is 4.55 Å². The smallest absolute Gasteiger partial charge is 0.282 e. The Balaban J connectivity index is 3.15. The SMILES string of the molecule is CCCCc1ccc(C)cc1S(=O)(=O)O. The third-order valence-corrected chi connectivity index (χ3v) is 3.24. The average molecular weight is 228 g/mol. The standard InChI is InChI=1S/C11H16O3S/c1-3-4-5-10-7-6-9(2)8-11(10)15(12,13)14/h6-8H,3-5H2,1-2H3,(H,12,13,14). The highest BCUT2D eigenvalue weighted by atomic mass is 32.2. The maximum atomic E-state index is 11.1. The van der Waals surface area contributed by atoms with E-state index < -0.39 is 10.1 Å². The maximum Gasteiger partial charge on any atom is 0.294 e. The molecule has 15 heavy (non-hydrogen) atoms. The van der Waals surface area contributed by atoms with Gasteiger partial charge in [0.05, 0.1) is 4.90 Å². The highest BCUT2D eigenvalue weighted by molar-refractivity contribution is 7.85. The Kier molecular flexibility index (Phi) is 3.88. The fraction of sp³-hybridized carbons (Fsp3) is 0.455. The predicted octanol–water partition coefficient (Wildman–Crippen LogP) is 2.58. The Morgan fingerprint density at radius 1 is 1.33 bits per heavy atom. The van der Waals surface area contributed by atoms with Crippen LogP contribution in [0.25, 0.3) is 0 Å². The fourth-order valence-corrected chi connectivity index (χ4v) is 2.31. The summed E-state index contributed by atoms with van der Waals surface area (Å²) in [5.41, 5.74) is 1.54. The van der Waals surface area contributed by atoms with Gasteiger partial charge in [0, 0.05) is 0 Å². The molecule has 1 aromatic carbocycles. The van der Waals surface area contributed by atoms with Gasteiger partial charge in [-0.15, -0.1) is 0 Å². The van der Waals surface area contributed by atoms with Crippen molar-refractivity contribution in [1.29, 1.82) is 0 Å². The molecule has 0 aliphatic heterocycles. The topological polar surface area (TPSA) is 54.4 Å². The van der Waals surface area contributed by atoms with E-state index in [0.717, 1.165) is 18.4 Å². The van der Waals surface area contributed by atoms with Crippen LogP contribution in [0.5, 0.6) is 0 Å². The highest BCUT2D eigenvalue weighted by Crippen LogP contribution is 2.19. The second-order valence-electron chi connectivity index (χ2n) is 3.69. The molecule has 0 aromatic heterocycles. The first kappa shape index (κ1) is 12.2. The molecule has 0 unspecified atom stereocenters. The molecule has 1 aromatic rings. The predicted molar refractivity (Wildman–Crippen MR) is 59.6 cm³/mol. The van der Waals surface area contributed by atoms with Crippen LogP contribution in [0.3, 0.4) is 0 Å². The summed E-state index contributed by atoms with van der Waals surface area (Å²) in [7, 11) is -4.09. The minimum Gasteiger partial charge on any atom is -0.282 e. The van der Waals surface area contributed by atoms with Crippen LogP contribution >= 0.6 is 0 Å². The van der Waals surface area contributed by atoms with Crippen LogP contribution < -0.4 is 0 Å². The summed E-state index contributed by atoms with van der Waals surface area (Å²) >= 11 is 0. The summed E-state index contributed by atoms with van der Waals surface area (Å²) in [5, 5.41) is 0. The second-order valence-corrected chi connectivity index (χ2v) is 5.08. The van der Waals surface area contributed by atoms with E-state index in [1.54, 1.807) is 13.0 Å². The van der Waals surface area contributed by atoms with Gasteiger partial charge in [-0.2, -0.15) is 8.42 Å². The highest BCUT2D eigenvalue weighted by Gasteiger charge is 2.14. The lowest BCUT2D eigenvalue weighted by Gasteiger charge is -2.07. The lowest BCUT2D eigenvalue weighted by molar-refractivity contribution is 0.481. The number of rotatable bonds is 4. The molecule has 1 N–H and O–H groups in total. The van der Waals surface area contributed by atoms with Gasteiger partial charge in [0.1, 0.15) is 0 Å². The number of benzene rings is 1. The van der Waals surface area contributed by atoms with Crippen molar-refractivity contribution in [1.82, 2.24) is 0 Å². The molecule has 1 rings (SSSR count). The molecular formula is C11H16O3S. The zero-order chi connectivity index (χ0) is 11.5. The van der Waals surface area contributed by atoms with Gasteiger partial charge >= 0.3 is 0 Å². The van der Waals surface area contributed by atoms with Crippen LogP contribution in [0.2, 0.25) is 0 Å². The molecular weight excluding hydrogens is 212 g/mol. The number of aryl methyl sites for hydroxylation is 2. The minimum absolute atomic E-state index is 0.0518. The van der Waals surface area contributed by atoms with E-state index >= 15 is 0 Å². The quantitative estimate of drug-likeness (QED) is 0.806. The van der Waals surface area contributed by atoms with Crippen LogP contribution in [-0.4, -0.2) is 13.0 Å². The Morgan fingerprint density at radius 3 is 2.53 bits per heavy atom. The minimum atomic E-state index is -4.09. The molecule has 0 bridgehead atoms. The third-order valence-electron chi connectivity index (χ3n) is 2.30. The summed E-state index contributed by atoms with van der Waals surface area (Å²) < 4.78 is 31.3. The fourth-order valence-electron chi connectivity index (χ4n) is 1.48. The zero-order valence-corrected chi connectivity index (χ0v) is 9.84. The molecule has 0 saturated carbocycles. The second kappa shape index (κ2) is 4.77. The number of unbranched alkanes of at least 4 members (excludes halogenated alkanes) is 1. The summed E-state index contributed by atoms with van der Waals surface area (Å²) in [6, 6.07) is 5.15. The Morgan fingerprint density at radius 2 is 2.00 bits per heavy atom. The molecule has 4 heteroatoms. The van der Waals surface area contributed by atoms with Crippen LogP contribution in [0, 0.1) is 6.92 Å². The first-order valence-electron chi connectivity index (χ1n) is 5.02. The lowest BCUT2D eigenvalue weighted by atomic mass is 10.1. The molecule has 0 aliphatic rings. The van der Waals surface area contributed by atoms with E-state index in [0.29, 0.717) is 12.0 Å². The first-order chi connectivity index (χ1) is 6.95. The van der Waals surface area contributed by atoms with Gasteiger partial charge in [-0.25, -0.2) is 0 Å². The molecule has 0 radical (unpaired) electrons. The van der Waals surface area contributed by atoms with Crippen molar-refractivity contribution in [3.8, 4) is 0 Å². The Hall–Kier alpha value is -0.870. The van der Waals surface area contributed by atoms with Gasteiger partial charge < -0.3 is 0 Å². The number of hydrogen-bond donors (Lipinski definition) is 1. The first-order valence-corrected chi connectivity index (χ1v) is 6.46. The van der Waals surface area contributed by atoms with Crippen molar-refractivity contribution in [2.24, 2.45) is 0 Å². The zero-order valence-electron chi connectivity index (χ0n) is 9.03. The van der Waals surface area contributed by atoms with Gasteiger partial charge in [-0.1, -0.05) is 25.5 Å².